The minimum Gasteiger partial charge on any atom is -0.309 e. The predicted octanol–water partition coefficient (Wildman–Crippen LogP) is 4.83. The molecule has 1 N–H and O–H groups in total. The zero-order valence-electron chi connectivity index (χ0n) is 10.9. The van der Waals surface area contributed by atoms with E-state index in [4.69, 9.17) is 11.6 Å². The Hall–Kier alpha value is -0.830. The van der Waals surface area contributed by atoms with Crippen LogP contribution < -0.4 is 5.32 Å². The van der Waals surface area contributed by atoms with Crippen molar-refractivity contribution >= 4 is 22.9 Å². The van der Waals surface area contributed by atoms with E-state index in [0.29, 0.717) is 5.92 Å². The molecule has 0 bridgehead atoms. The molecule has 1 heterocycles. The van der Waals surface area contributed by atoms with E-state index < -0.39 is 0 Å². The molecule has 0 saturated carbocycles. The molecule has 3 heteroatoms. The van der Waals surface area contributed by atoms with Gasteiger partial charge in [-0.05, 0) is 36.2 Å². The molecule has 18 heavy (non-hydrogen) atoms. The van der Waals surface area contributed by atoms with Gasteiger partial charge in [-0.1, -0.05) is 49.7 Å². The average Bonchev–Trinajstić information content (AvgIpc) is 2.77. The van der Waals surface area contributed by atoms with E-state index in [1.54, 1.807) is 11.3 Å². The maximum Gasteiger partial charge on any atom is 0.0931 e. The van der Waals surface area contributed by atoms with Crippen LogP contribution >= 0.6 is 22.9 Å². The van der Waals surface area contributed by atoms with Gasteiger partial charge in [0.2, 0.25) is 0 Å². The molecule has 1 aromatic carbocycles. The van der Waals surface area contributed by atoms with Gasteiger partial charge in [-0.15, -0.1) is 11.3 Å². The fourth-order valence-corrected chi connectivity index (χ4v) is 3.23. The Kier molecular flexibility index (Phi) is 4.44. The summed E-state index contributed by atoms with van der Waals surface area (Å²) in [6, 6.07) is 13.1. The first-order chi connectivity index (χ1) is 8.61. The molecule has 0 saturated heterocycles. The molecule has 2 rings (SSSR count). The molecule has 0 aliphatic heterocycles. The highest BCUT2D eigenvalue weighted by molar-refractivity contribution is 7.16. The van der Waals surface area contributed by atoms with Crippen LogP contribution in [-0.2, 0) is 0 Å². The lowest BCUT2D eigenvalue weighted by molar-refractivity contribution is 0.703. The Labute approximate surface area is 118 Å². The zero-order valence-corrected chi connectivity index (χ0v) is 12.5. The topological polar surface area (TPSA) is 12.0 Å². The fourth-order valence-electron chi connectivity index (χ4n) is 2.03. The molecule has 0 fully saturated rings. The first-order valence-electron chi connectivity index (χ1n) is 6.14. The lowest BCUT2D eigenvalue weighted by Crippen LogP contribution is -2.16. The minimum absolute atomic E-state index is 0.226. The maximum absolute atomic E-state index is 6.01. The largest absolute Gasteiger partial charge is 0.309 e. The van der Waals surface area contributed by atoms with Crippen molar-refractivity contribution < 1.29 is 0 Å². The summed E-state index contributed by atoms with van der Waals surface area (Å²) in [5.41, 5.74) is 2.65. The van der Waals surface area contributed by atoms with E-state index in [0.717, 1.165) is 4.34 Å². The van der Waals surface area contributed by atoms with Crippen molar-refractivity contribution in [1.82, 2.24) is 5.32 Å². The number of hydrogen-bond acceptors (Lipinski definition) is 2. The molecule has 2 aromatic rings. The summed E-state index contributed by atoms with van der Waals surface area (Å²) in [6.45, 7) is 4.42. The van der Waals surface area contributed by atoms with E-state index in [1.165, 1.54) is 16.0 Å². The minimum atomic E-state index is 0.226. The van der Waals surface area contributed by atoms with E-state index in [-0.39, 0.29) is 6.04 Å². The van der Waals surface area contributed by atoms with Crippen LogP contribution in [0.15, 0.2) is 36.4 Å². The standard InChI is InChI=1S/C15H18ClNS/c1-10(2)11-4-6-12(7-5-11)15(17-3)13-8-9-14(16)18-13/h4-10,15,17H,1-3H3. The number of rotatable bonds is 4. The highest BCUT2D eigenvalue weighted by Crippen LogP contribution is 2.31. The molecular weight excluding hydrogens is 262 g/mol. The Morgan fingerprint density at radius 2 is 1.61 bits per heavy atom. The molecule has 1 atom stereocenters. The van der Waals surface area contributed by atoms with E-state index >= 15 is 0 Å². The van der Waals surface area contributed by atoms with Gasteiger partial charge in [0.05, 0.1) is 10.4 Å². The smallest absolute Gasteiger partial charge is 0.0931 e. The van der Waals surface area contributed by atoms with Crippen LogP contribution in [0.2, 0.25) is 4.34 Å². The van der Waals surface area contributed by atoms with Crippen molar-refractivity contribution in [2.24, 2.45) is 0 Å². The SMILES string of the molecule is CNC(c1ccc(C(C)C)cc1)c1ccc(Cl)s1. The third-order valence-electron chi connectivity index (χ3n) is 3.10. The second kappa shape index (κ2) is 5.87. The Balaban J connectivity index is 2.28. The van der Waals surface area contributed by atoms with Crippen molar-refractivity contribution in [3.05, 3.63) is 56.7 Å². The van der Waals surface area contributed by atoms with Crippen LogP contribution in [0, 0.1) is 0 Å². The summed E-state index contributed by atoms with van der Waals surface area (Å²) < 4.78 is 0.837. The summed E-state index contributed by atoms with van der Waals surface area (Å²) in [6.07, 6.45) is 0. The summed E-state index contributed by atoms with van der Waals surface area (Å²) >= 11 is 7.64. The van der Waals surface area contributed by atoms with Gasteiger partial charge in [-0.25, -0.2) is 0 Å². The van der Waals surface area contributed by atoms with E-state index in [2.05, 4.69) is 49.5 Å². The van der Waals surface area contributed by atoms with Crippen LogP contribution in [0.5, 0.6) is 0 Å². The number of nitrogens with one attached hydrogen (secondary N) is 1. The second-order valence-electron chi connectivity index (χ2n) is 4.68. The van der Waals surface area contributed by atoms with E-state index in [9.17, 15) is 0 Å². The van der Waals surface area contributed by atoms with Crippen LogP contribution in [0.4, 0.5) is 0 Å². The van der Waals surface area contributed by atoms with Gasteiger partial charge in [0.15, 0.2) is 0 Å². The van der Waals surface area contributed by atoms with Gasteiger partial charge in [-0.3, -0.25) is 0 Å². The quantitative estimate of drug-likeness (QED) is 0.845. The first kappa shape index (κ1) is 13.6. The fraction of sp³-hybridized carbons (Fsp3) is 0.333. The summed E-state index contributed by atoms with van der Waals surface area (Å²) in [7, 11) is 1.98. The lowest BCUT2D eigenvalue weighted by atomic mass is 9.98. The Morgan fingerprint density at radius 1 is 1.00 bits per heavy atom. The molecule has 1 unspecified atom stereocenters. The van der Waals surface area contributed by atoms with Crippen molar-refractivity contribution in [3.8, 4) is 0 Å². The van der Waals surface area contributed by atoms with Crippen molar-refractivity contribution in [2.45, 2.75) is 25.8 Å². The average molecular weight is 280 g/mol. The van der Waals surface area contributed by atoms with Crippen LogP contribution in [0.1, 0.15) is 41.8 Å². The molecule has 1 nitrogen and oxygen atoms in total. The maximum atomic E-state index is 6.01. The van der Waals surface area contributed by atoms with Gasteiger partial charge >= 0.3 is 0 Å². The van der Waals surface area contributed by atoms with Gasteiger partial charge in [-0.2, -0.15) is 0 Å². The number of thiophene rings is 1. The molecule has 0 aliphatic rings. The van der Waals surface area contributed by atoms with Gasteiger partial charge in [0.1, 0.15) is 0 Å². The normalized spacial score (nSPS) is 12.9. The van der Waals surface area contributed by atoms with Crippen LogP contribution in [-0.4, -0.2) is 7.05 Å². The van der Waals surface area contributed by atoms with Gasteiger partial charge < -0.3 is 5.32 Å². The second-order valence-corrected chi connectivity index (χ2v) is 6.43. The lowest BCUT2D eigenvalue weighted by Gasteiger charge is -2.16. The molecule has 0 spiro atoms. The number of benzene rings is 1. The van der Waals surface area contributed by atoms with Gasteiger partial charge in [0, 0.05) is 4.88 Å². The van der Waals surface area contributed by atoms with Crippen LogP contribution in [0.3, 0.4) is 0 Å². The monoisotopic (exact) mass is 279 g/mol. The van der Waals surface area contributed by atoms with E-state index in [1.807, 2.05) is 13.1 Å². The highest BCUT2D eigenvalue weighted by Gasteiger charge is 2.14. The predicted molar refractivity (Wildman–Crippen MR) is 80.8 cm³/mol. The van der Waals surface area contributed by atoms with Crippen molar-refractivity contribution in [1.29, 1.82) is 0 Å². The summed E-state index contributed by atoms with van der Waals surface area (Å²) in [5, 5.41) is 3.35. The number of hydrogen-bond donors (Lipinski definition) is 1. The molecule has 0 aliphatic carbocycles. The molecule has 1 aromatic heterocycles. The van der Waals surface area contributed by atoms with Crippen molar-refractivity contribution in [3.63, 3.8) is 0 Å². The highest BCUT2D eigenvalue weighted by atomic mass is 35.5. The van der Waals surface area contributed by atoms with Gasteiger partial charge in [0.25, 0.3) is 0 Å². The summed E-state index contributed by atoms with van der Waals surface area (Å²) in [5.74, 6) is 0.572. The molecule has 96 valence electrons. The summed E-state index contributed by atoms with van der Waals surface area (Å²) in [4.78, 5) is 1.25. The molecule has 0 radical (unpaired) electrons. The zero-order chi connectivity index (χ0) is 13.1. The molecular formula is C15H18ClNS. The Morgan fingerprint density at radius 3 is 2.06 bits per heavy atom. The Bertz CT molecular complexity index is 501. The third-order valence-corrected chi connectivity index (χ3v) is 4.40. The first-order valence-corrected chi connectivity index (χ1v) is 7.33. The number of halogens is 1. The van der Waals surface area contributed by atoms with Crippen molar-refractivity contribution in [2.75, 3.05) is 7.05 Å². The third kappa shape index (κ3) is 2.94. The molecule has 0 amide bonds. The van der Waals surface area contributed by atoms with Crippen LogP contribution in [0.25, 0.3) is 0 Å².